The van der Waals surface area contributed by atoms with E-state index < -0.39 is 0 Å². The second-order valence-corrected chi connectivity index (χ2v) is 5.16. The van der Waals surface area contributed by atoms with Gasteiger partial charge in [-0.25, -0.2) is 0 Å². The second-order valence-electron chi connectivity index (χ2n) is 5.16. The predicted octanol–water partition coefficient (Wildman–Crippen LogP) is 2.93. The molecule has 2 aromatic heterocycles. The van der Waals surface area contributed by atoms with Crippen LogP contribution in [0.2, 0.25) is 0 Å². The molecular formula is C17H15N5. The SMILES string of the molecule is c1ccc(CCNc2nn3cnnc3c3ccccc23)cc1. The third-order valence-electron chi connectivity index (χ3n) is 3.71. The minimum atomic E-state index is 0.782. The lowest BCUT2D eigenvalue weighted by molar-refractivity contribution is 0.918. The van der Waals surface area contributed by atoms with E-state index in [0.29, 0.717) is 0 Å². The summed E-state index contributed by atoms with van der Waals surface area (Å²) in [7, 11) is 0. The Morgan fingerprint density at radius 1 is 0.909 bits per heavy atom. The van der Waals surface area contributed by atoms with E-state index in [9.17, 15) is 0 Å². The maximum atomic E-state index is 4.58. The van der Waals surface area contributed by atoms with E-state index in [-0.39, 0.29) is 0 Å². The van der Waals surface area contributed by atoms with Gasteiger partial charge in [0, 0.05) is 17.3 Å². The Bertz CT molecular complexity index is 914. The molecule has 0 unspecified atom stereocenters. The molecule has 2 aromatic carbocycles. The molecule has 5 heteroatoms. The lowest BCUT2D eigenvalue weighted by atomic mass is 10.1. The van der Waals surface area contributed by atoms with Crippen molar-refractivity contribution >= 4 is 22.2 Å². The molecule has 0 saturated carbocycles. The van der Waals surface area contributed by atoms with Gasteiger partial charge in [0.05, 0.1) is 0 Å². The lowest BCUT2D eigenvalue weighted by Crippen LogP contribution is -2.08. The first-order valence-electron chi connectivity index (χ1n) is 7.28. The Labute approximate surface area is 127 Å². The van der Waals surface area contributed by atoms with Crippen LogP contribution in [-0.2, 0) is 6.42 Å². The largest absolute Gasteiger partial charge is 0.368 e. The maximum Gasteiger partial charge on any atom is 0.185 e. The van der Waals surface area contributed by atoms with Crippen LogP contribution < -0.4 is 5.32 Å². The van der Waals surface area contributed by atoms with E-state index in [1.54, 1.807) is 10.8 Å². The molecule has 0 fully saturated rings. The molecular weight excluding hydrogens is 274 g/mol. The van der Waals surface area contributed by atoms with Crippen LogP contribution in [0, 0.1) is 0 Å². The Kier molecular flexibility index (Phi) is 3.16. The molecule has 0 amide bonds. The minimum Gasteiger partial charge on any atom is -0.368 e. The summed E-state index contributed by atoms with van der Waals surface area (Å²) in [5.74, 6) is 0.860. The number of nitrogens with zero attached hydrogens (tertiary/aromatic N) is 4. The van der Waals surface area contributed by atoms with Crippen LogP contribution in [0.15, 0.2) is 60.9 Å². The van der Waals surface area contributed by atoms with Gasteiger partial charge in [-0.1, -0.05) is 54.6 Å². The van der Waals surface area contributed by atoms with E-state index in [1.807, 2.05) is 24.3 Å². The van der Waals surface area contributed by atoms with Crippen LogP contribution in [0.1, 0.15) is 5.56 Å². The monoisotopic (exact) mass is 289 g/mol. The van der Waals surface area contributed by atoms with Gasteiger partial charge in [0.1, 0.15) is 6.33 Å². The number of benzene rings is 2. The summed E-state index contributed by atoms with van der Waals surface area (Å²) in [6.07, 6.45) is 2.58. The summed E-state index contributed by atoms with van der Waals surface area (Å²) in [6.45, 7) is 0.828. The molecule has 4 aromatic rings. The summed E-state index contributed by atoms with van der Waals surface area (Å²) in [5.41, 5.74) is 2.09. The first-order chi connectivity index (χ1) is 10.9. The van der Waals surface area contributed by atoms with Crippen molar-refractivity contribution in [3.8, 4) is 0 Å². The van der Waals surface area contributed by atoms with Gasteiger partial charge in [-0.3, -0.25) is 0 Å². The van der Waals surface area contributed by atoms with Gasteiger partial charge < -0.3 is 5.32 Å². The smallest absolute Gasteiger partial charge is 0.185 e. The van der Waals surface area contributed by atoms with Crippen molar-refractivity contribution in [2.24, 2.45) is 0 Å². The third kappa shape index (κ3) is 2.26. The van der Waals surface area contributed by atoms with E-state index in [4.69, 9.17) is 0 Å². The molecule has 0 aliphatic heterocycles. The number of nitrogens with one attached hydrogen (secondary N) is 1. The van der Waals surface area contributed by atoms with Crippen molar-refractivity contribution < 1.29 is 0 Å². The highest BCUT2D eigenvalue weighted by molar-refractivity contribution is 5.99. The zero-order chi connectivity index (χ0) is 14.8. The quantitative estimate of drug-likeness (QED) is 0.627. The average molecular weight is 289 g/mol. The number of rotatable bonds is 4. The zero-order valence-corrected chi connectivity index (χ0v) is 12.0. The van der Waals surface area contributed by atoms with E-state index in [1.165, 1.54) is 5.56 Å². The van der Waals surface area contributed by atoms with Crippen molar-refractivity contribution in [3.05, 3.63) is 66.5 Å². The normalized spacial score (nSPS) is 11.1. The molecule has 22 heavy (non-hydrogen) atoms. The molecule has 0 aliphatic carbocycles. The van der Waals surface area contributed by atoms with Gasteiger partial charge in [-0.2, -0.15) is 4.52 Å². The number of hydrogen-bond acceptors (Lipinski definition) is 4. The summed E-state index contributed by atoms with van der Waals surface area (Å²) in [6, 6.07) is 18.5. The fraction of sp³-hybridized carbons (Fsp3) is 0.118. The number of anilines is 1. The molecule has 0 radical (unpaired) electrons. The molecule has 1 N–H and O–H groups in total. The average Bonchev–Trinajstić information content (AvgIpc) is 3.04. The fourth-order valence-corrected chi connectivity index (χ4v) is 2.63. The maximum absolute atomic E-state index is 4.58. The van der Waals surface area contributed by atoms with Crippen LogP contribution >= 0.6 is 0 Å². The van der Waals surface area contributed by atoms with Crippen LogP contribution in [0.3, 0.4) is 0 Å². The van der Waals surface area contributed by atoms with Crippen LogP contribution in [-0.4, -0.2) is 26.4 Å². The molecule has 5 nitrogen and oxygen atoms in total. The van der Waals surface area contributed by atoms with Crippen LogP contribution in [0.5, 0.6) is 0 Å². The standard InChI is InChI=1S/C17H15N5/c1-2-6-13(7-3-1)10-11-18-16-14-8-4-5-9-15(14)17-20-19-12-22(17)21-16/h1-9,12H,10-11H2,(H,18,21). The number of aromatic nitrogens is 4. The highest BCUT2D eigenvalue weighted by atomic mass is 15.4. The fourth-order valence-electron chi connectivity index (χ4n) is 2.63. The topological polar surface area (TPSA) is 55.1 Å². The van der Waals surface area contributed by atoms with Crippen LogP contribution in [0.4, 0.5) is 5.82 Å². The Balaban J connectivity index is 1.65. The Morgan fingerprint density at radius 3 is 2.55 bits per heavy atom. The third-order valence-corrected chi connectivity index (χ3v) is 3.71. The van der Waals surface area contributed by atoms with Crippen LogP contribution in [0.25, 0.3) is 16.4 Å². The molecule has 0 bridgehead atoms. The molecule has 0 saturated heterocycles. The highest BCUT2D eigenvalue weighted by Gasteiger charge is 2.09. The second kappa shape index (κ2) is 5.44. The van der Waals surface area contributed by atoms with Gasteiger partial charge in [0.2, 0.25) is 0 Å². The first-order valence-corrected chi connectivity index (χ1v) is 7.28. The lowest BCUT2D eigenvalue weighted by Gasteiger charge is -2.09. The van der Waals surface area contributed by atoms with Gasteiger partial charge in [-0.05, 0) is 12.0 Å². The van der Waals surface area contributed by atoms with Gasteiger partial charge >= 0.3 is 0 Å². The molecule has 0 aliphatic rings. The zero-order valence-electron chi connectivity index (χ0n) is 12.0. The minimum absolute atomic E-state index is 0.782. The first kappa shape index (κ1) is 12.8. The summed E-state index contributed by atoms with van der Waals surface area (Å²) in [5, 5.41) is 18.2. The summed E-state index contributed by atoms with van der Waals surface area (Å²) >= 11 is 0. The van der Waals surface area contributed by atoms with Gasteiger partial charge in [0.25, 0.3) is 0 Å². The van der Waals surface area contributed by atoms with Gasteiger partial charge in [0.15, 0.2) is 11.5 Å². The summed E-state index contributed by atoms with van der Waals surface area (Å²) < 4.78 is 1.72. The predicted molar refractivity (Wildman–Crippen MR) is 86.9 cm³/mol. The van der Waals surface area contributed by atoms with Crippen molar-refractivity contribution in [1.29, 1.82) is 0 Å². The van der Waals surface area contributed by atoms with E-state index in [0.717, 1.165) is 35.2 Å². The summed E-state index contributed by atoms with van der Waals surface area (Å²) in [4.78, 5) is 0. The van der Waals surface area contributed by atoms with E-state index in [2.05, 4.69) is 50.9 Å². The van der Waals surface area contributed by atoms with Crippen molar-refractivity contribution in [1.82, 2.24) is 19.8 Å². The molecule has 0 spiro atoms. The number of hydrogen-bond donors (Lipinski definition) is 1. The van der Waals surface area contributed by atoms with Crippen molar-refractivity contribution in [2.75, 3.05) is 11.9 Å². The Hall–Kier alpha value is -2.95. The van der Waals surface area contributed by atoms with Crippen molar-refractivity contribution in [2.45, 2.75) is 6.42 Å². The van der Waals surface area contributed by atoms with Gasteiger partial charge in [-0.15, -0.1) is 15.3 Å². The highest BCUT2D eigenvalue weighted by Crippen LogP contribution is 2.23. The molecule has 0 atom stereocenters. The molecule has 108 valence electrons. The Morgan fingerprint density at radius 2 is 1.68 bits per heavy atom. The molecule has 4 rings (SSSR count). The van der Waals surface area contributed by atoms with E-state index >= 15 is 0 Å². The number of fused-ring (bicyclic) bond motifs is 3. The molecule has 2 heterocycles. The van der Waals surface area contributed by atoms with Crippen molar-refractivity contribution in [3.63, 3.8) is 0 Å².